The molecule has 1 unspecified atom stereocenters. The highest BCUT2D eigenvalue weighted by Crippen LogP contribution is 2.29. The van der Waals surface area contributed by atoms with Gasteiger partial charge >= 0.3 is 5.97 Å². The van der Waals surface area contributed by atoms with Crippen LogP contribution in [0.1, 0.15) is 16.8 Å². The van der Waals surface area contributed by atoms with Gasteiger partial charge in [0.25, 0.3) is 0 Å². The third-order valence-corrected chi connectivity index (χ3v) is 5.51. The van der Waals surface area contributed by atoms with Crippen molar-refractivity contribution in [3.63, 3.8) is 0 Å². The molecule has 0 radical (unpaired) electrons. The quantitative estimate of drug-likeness (QED) is 0.708. The Morgan fingerprint density at radius 3 is 2.52 bits per heavy atom. The van der Waals surface area contributed by atoms with E-state index in [1.807, 2.05) is 0 Å². The summed E-state index contributed by atoms with van der Waals surface area (Å²) in [4.78, 5) is 10.6. The summed E-state index contributed by atoms with van der Waals surface area (Å²) in [6, 6.07) is 2.15. The fraction of sp³-hybridized carbons (Fsp3) is 0.364. The maximum absolute atomic E-state index is 12.1. The van der Waals surface area contributed by atoms with Crippen molar-refractivity contribution in [2.45, 2.75) is 11.3 Å². The van der Waals surface area contributed by atoms with E-state index < -0.39 is 36.7 Å². The van der Waals surface area contributed by atoms with Gasteiger partial charge in [-0.1, -0.05) is 23.2 Å². The highest BCUT2D eigenvalue weighted by Gasteiger charge is 2.23. The summed E-state index contributed by atoms with van der Waals surface area (Å²) in [6.07, 6.45) is 1.90. The molecule has 0 aromatic heterocycles. The van der Waals surface area contributed by atoms with Crippen LogP contribution in [0.2, 0.25) is 10.0 Å². The molecule has 0 aliphatic heterocycles. The van der Waals surface area contributed by atoms with Crippen molar-refractivity contribution in [3.8, 4) is 0 Å². The van der Waals surface area contributed by atoms with Crippen molar-refractivity contribution in [2.24, 2.45) is 0 Å². The molecule has 1 aromatic rings. The van der Waals surface area contributed by atoms with E-state index in [0.717, 1.165) is 12.1 Å². The molecule has 2 N–H and O–H groups in total. The van der Waals surface area contributed by atoms with Gasteiger partial charge in [0.05, 0.1) is 10.6 Å². The highest BCUT2D eigenvalue weighted by molar-refractivity contribution is 7.89. The highest BCUT2D eigenvalue weighted by atomic mass is 35.5. The summed E-state index contributed by atoms with van der Waals surface area (Å²) >= 11 is 11.5. The number of sulfonamides is 1. The first-order valence-corrected chi connectivity index (χ1v) is 9.64. The molecule has 0 amide bonds. The molecule has 0 aliphatic rings. The fourth-order valence-corrected chi connectivity index (χ4v) is 4.00. The number of benzene rings is 1. The second kappa shape index (κ2) is 7.55. The monoisotopic (exact) mass is 373 g/mol. The normalized spacial score (nSPS) is 13.1. The Bertz CT molecular complexity index is 675. The van der Waals surface area contributed by atoms with Gasteiger partial charge in [0, 0.05) is 34.4 Å². The van der Waals surface area contributed by atoms with E-state index in [9.17, 15) is 17.4 Å². The zero-order valence-electron chi connectivity index (χ0n) is 10.9. The first kappa shape index (κ1) is 18.4. The van der Waals surface area contributed by atoms with Crippen molar-refractivity contribution in [2.75, 3.05) is 18.6 Å². The zero-order chi connectivity index (χ0) is 16.2. The lowest BCUT2D eigenvalue weighted by molar-refractivity contribution is 0.0697. The molecule has 1 rings (SSSR count). The molecule has 0 spiro atoms. The van der Waals surface area contributed by atoms with Crippen LogP contribution in [0.25, 0.3) is 0 Å². The standard InChI is InChI=1S/C11H13Cl2NO5S2/c1-20(17)4-2-3-14-21(18,19)9-6-7(12)5-8(10(9)13)11(15)16/h5-6,14H,2-4H2,1H3,(H,15,16). The minimum Gasteiger partial charge on any atom is -0.478 e. The minimum atomic E-state index is -4.00. The van der Waals surface area contributed by atoms with Crippen molar-refractivity contribution in [3.05, 3.63) is 27.7 Å². The molecule has 0 saturated heterocycles. The van der Waals surface area contributed by atoms with Gasteiger partial charge in [-0.3, -0.25) is 4.21 Å². The SMILES string of the molecule is CS(=O)CCCNS(=O)(=O)c1cc(Cl)cc(C(=O)O)c1Cl. The molecule has 0 aliphatic carbocycles. The van der Waals surface area contributed by atoms with Gasteiger partial charge in [0.2, 0.25) is 10.0 Å². The van der Waals surface area contributed by atoms with E-state index >= 15 is 0 Å². The summed E-state index contributed by atoms with van der Waals surface area (Å²) in [7, 11) is -5.01. The van der Waals surface area contributed by atoms with Gasteiger partial charge in [-0.25, -0.2) is 17.9 Å². The lowest BCUT2D eigenvalue weighted by atomic mass is 10.2. The van der Waals surface area contributed by atoms with Crippen molar-refractivity contribution in [1.29, 1.82) is 0 Å². The van der Waals surface area contributed by atoms with Crippen LogP contribution in [0, 0.1) is 0 Å². The third-order valence-electron chi connectivity index (χ3n) is 2.42. The number of carboxylic acid groups (broad SMARTS) is 1. The molecule has 0 heterocycles. The van der Waals surface area contributed by atoms with Crippen LogP contribution in [-0.2, 0) is 20.8 Å². The number of rotatable bonds is 7. The third kappa shape index (κ3) is 5.23. The maximum Gasteiger partial charge on any atom is 0.337 e. The molecular weight excluding hydrogens is 361 g/mol. The van der Waals surface area contributed by atoms with Crippen molar-refractivity contribution < 1.29 is 22.5 Å². The van der Waals surface area contributed by atoms with E-state index in [1.54, 1.807) is 0 Å². The Balaban J connectivity index is 3.03. The summed E-state index contributed by atoms with van der Waals surface area (Å²) < 4.78 is 37.4. The van der Waals surface area contributed by atoms with Gasteiger partial charge in [-0.05, 0) is 18.6 Å². The number of carbonyl (C=O) groups is 1. The van der Waals surface area contributed by atoms with Crippen molar-refractivity contribution in [1.82, 2.24) is 4.72 Å². The number of hydrogen-bond donors (Lipinski definition) is 2. The second-order valence-corrected chi connectivity index (χ2v) is 8.20. The number of carboxylic acids is 1. The summed E-state index contributed by atoms with van der Waals surface area (Å²) in [5, 5.41) is 8.51. The van der Waals surface area contributed by atoms with Crippen LogP contribution in [0.4, 0.5) is 0 Å². The first-order valence-electron chi connectivity index (χ1n) is 5.67. The topological polar surface area (TPSA) is 101 Å². The Morgan fingerprint density at radius 2 is 2.00 bits per heavy atom. The number of aromatic carboxylic acids is 1. The smallest absolute Gasteiger partial charge is 0.337 e. The van der Waals surface area contributed by atoms with Crippen LogP contribution in [0.15, 0.2) is 17.0 Å². The molecule has 0 fully saturated rings. The van der Waals surface area contributed by atoms with E-state index in [1.165, 1.54) is 6.26 Å². The zero-order valence-corrected chi connectivity index (χ0v) is 14.1. The first-order chi connectivity index (χ1) is 9.65. The molecule has 6 nitrogen and oxygen atoms in total. The van der Waals surface area contributed by atoms with Gasteiger partial charge in [-0.2, -0.15) is 0 Å². The van der Waals surface area contributed by atoms with Gasteiger partial charge in [0.1, 0.15) is 4.90 Å². The molecule has 1 aromatic carbocycles. The lowest BCUT2D eigenvalue weighted by Crippen LogP contribution is -2.26. The number of nitrogens with one attached hydrogen (secondary N) is 1. The second-order valence-electron chi connectivity index (χ2n) is 4.10. The molecule has 0 bridgehead atoms. The van der Waals surface area contributed by atoms with Crippen molar-refractivity contribution >= 4 is 50.0 Å². The fourth-order valence-electron chi connectivity index (χ4n) is 1.48. The molecule has 118 valence electrons. The molecule has 10 heteroatoms. The maximum atomic E-state index is 12.1. The number of hydrogen-bond acceptors (Lipinski definition) is 4. The molecule has 1 atom stereocenters. The Morgan fingerprint density at radius 1 is 1.38 bits per heavy atom. The summed E-state index contributed by atoms with van der Waals surface area (Å²) in [5.41, 5.74) is -0.390. The van der Waals surface area contributed by atoms with Crippen LogP contribution < -0.4 is 4.72 Å². The summed E-state index contributed by atoms with van der Waals surface area (Å²) in [5.74, 6) is -1.02. The van der Waals surface area contributed by atoms with Gasteiger partial charge in [-0.15, -0.1) is 0 Å². The summed E-state index contributed by atoms with van der Waals surface area (Å²) in [6.45, 7) is 0.0627. The van der Waals surface area contributed by atoms with E-state index in [4.69, 9.17) is 28.3 Å². The van der Waals surface area contributed by atoms with Crippen LogP contribution in [0.5, 0.6) is 0 Å². The largest absolute Gasteiger partial charge is 0.478 e. The predicted octanol–water partition coefficient (Wildman–Crippen LogP) is 1.74. The van der Waals surface area contributed by atoms with Crippen LogP contribution in [-0.4, -0.2) is 42.3 Å². The molecule has 0 saturated carbocycles. The molecule has 21 heavy (non-hydrogen) atoms. The molecular formula is C11H13Cl2NO5S2. The van der Waals surface area contributed by atoms with Gasteiger partial charge in [0.15, 0.2) is 0 Å². The van der Waals surface area contributed by atoms with Crippen LogP contribution >= 0.6 is 23.2 Å². The minimum absolute atomic E-state index is 0.0492. The Kier molecular flexibility index (Phi) is 6.61. The van der Waals surface area contributed by atoms with E-state index in [0.29, 0.717) is 12.2 Å². The Hall–Kier alpha value is -0.670. The van der Waals surface area contributed by atoms with E-state index in [-0.39, 0.29) is 17.1 Å². The van der Waals surface area contributed by atoms with Gasteiger partial charge < -0.3 is 5.11 Å². The number of halogens is 2. The lowest BCUT2D eigenvalue weighted by Gasteiger charge is -2.10. The van der Waals surface area contributed by atoms with E-state index in [2.05, 4.69) is 4.72 Å². The predicted molar refractivity (Wildman–Crippen MR) is 82.2 cm³/mol. The average molecular weight is 374 g/mol. The Labute approximate surface area is 135 Å². The average Bonchev–Trinajstić information content (AvgIpc) is 2.36. The van der Waals surface area contributed by atoms with Crippen LogP contribution in [0.3, 0.4) is 0 Å².